The lowest BCUT2D eigenvalue weighted by molar-refractivity contribution is 0.131. The second kappa shape index (κ2) is 7.93. The van der Waals surface area contributed by atoms with Crippen LogP contribution in [0.5, 0.6) is 11.5 Å². The minimum atomic E-state index is -1.98. The van der Waals surface area contributed by atoms with Crippen LogP contribution < -0.4 is 9.47 Å². The fraction of sp³-hybridized carbons (Fsp3) is 0.588. The molecular formula is C17H26NO5P. The van der Waals surface area contributed by atoms with Gasteiger partial charge in [-0.15, -0.1) is 0 Å². The molecule has 1 N–H and O–H groups in total. The molecule has 0 aliphatic carbocycles. The number of carbonyl (C=O) groups is 1. The van der Waals surface area contributed by atoms with E-state index in [4.69, 9.17) is 9.47 Å². The van der Waals surface area contributed by atoms with Gasteiger partial charge in [-0.1, -0.05) is 0 Å². The van der Waals surface area contributed by atoms with E-state index in [-0.39, 0.29) is 12.5 Å². The van der Waals surface area contributed by atoms with Gasteiger partial charge in [0.05, 0.1) is 27.9 Å². The van der Waals surface area contributed by atoms with Crippen LogP contribution in [0.25, 0.3) is 0 Å². The van der Waals surface area contributed by atoms with Gasteiger partial charge in [0, 0.05) is 30.5 Å². The Morgan fingerprint density at radius 1 is 1.29 bits per heavy atom. The van der Waals surface area contributed by atoms with Crippen LogP contribution in [0.4, 0.5) is 4.79 Å². The molecule has 0 unspecified atom stereocenters. The number of ether oxygens (including phenoxy) is 2. The first-order valence-corrected chi connectivity index (χ1v) is 10.6. The van der Waals surface area contributed by atoms with Crippen molar-refractivity contribution in [3.63, 3.8) is 0 Å². The van der Waals surface area contributed by atoms with Gasteiger partial charge in [-0.2, -0.15) is 0 Å². The molecule has 6 nitrogen and oxygen atoms in total. The quantitative estimate of drug-likeness (QED) is 0.789. The average Bonchev–Trinajstić information content (AvgIpc) is 2.56. The van der Waals surface area contributed by atoms with E-state index in [1.54, 1.807) is 26.4 Å². The summed E-state index contributed by atoms with van der Waals surface area (Å²) >= 11 is 0. The molecule has 1 aliphatic rings. The molecule has 0 bridgehead atoms. The minimum absolute atomic E-state index is 0.267. The number of nitrogens with zero attached hydrogens (tertiary/aromatic N) is 1. The molecule has 0 atom stereocenters. The summed E-state index contributed by atoms with van der Waals surface area (Å²) in [5.41, 5.74) is 0.803. The van der Waals surface area contributed by atoms with Gasteiger partial charge >= 0.3 is 6.09 Å². The monoisotopic (exact) mass is 355 g/mol. The highest BCUT2D eigenvalue weighted by Gasteiger charge is 2.28. The Morgan fingerprint density at radius 2 is 1.96 bits per heavy atom. The summed E-state index contributed by atoms with van der Waals surface area (Å²) in [5.74, 6) is 1.55. The molecule has 1 saturated heterocycles. The van der Waals surface area contributed by atoms with Crippen molar-refractivity contribution >= 4 is 13.2 Å². The maximum Gasteiger partial charge on any atom is 0.407 e. The lowest BCUT2D eigenvalue weighted by Gasteiger charge is -2.30. The normalized spacial score (nSPS) is 23.5. The lowest BCUT2D eigenvalue weighted by atomic mass is 10.0. The van der Waals surface area contributed by atoms with Crippen molar-refractivity contribution in [2.45, 2.75) is 19.4 Å². The van der Waals surface area contributed by atoms with Crippen LogP contribution in [-0.4, -0.2) is 55.9 Å². The van der Waals surface area contributed by atoms with E-state index in [9.17, 15) is 14.5 Å². The van der Waals surface area contributed by atoms with E-state index in [1.165, 1.54) is 4.90 Å². The number of methoxy groups -OCH3 is 2. The Labute approximate surface area is 143 Å². The van der Waals surface area contributed by atoms with Crippen molar-refractivity contribution in [2.75, 3.05) is 39.8 Å². The minimum Gasteiger partial charge on any atom is -0.497 e. The Morgan fingerprint density at radius 3 is 2.50 bits per heavy atom. The van der Waals surface area contributed by atoms with Crippen molar-refractivity contribution in [1.82, 2.24) is 4.90 Å². The molecule has 2 rings (SSSR count). The maximum absolute atomic E-state index is 12.1. The highest BCUT2D eigenvalue weighted by Crippen LogP contribution is 2.48. The second-order valence-corrected chi connectivity index (χ2v) is 10.0. The average molecular weight is 355 g/mol. The predicted molar refractivity (Wildman–Crippen MR) is 94.0 cm³/mol. The molecule has 1 aliphatic heterocycles. The van der Waals surface area contributed by atoms with Crippen LogP contribution in [0.3, 0.4) is 0 Å². The highest BCUT2D eigenvalue weighted by atomic mass is 31.2. The highest BCUT2D eigenvalue weighted by molar-refractivity contribution is 7.63. The zero-order chi connectivity index (χ0) is 17.7. The van der Waals surface area contributed by atoms with Crippen LogP contribution in [0.2, 0.25) is 0 Å². The molecule has 1 aromatic carbocycles. The molecule has 134 valence electrons. The Bertz CT molecular complexity index is 621. The van der Waals surface area contributed by atoms with Crippen LogP contribution in [0, 0.1) is 5.92 Å². The molecule has 0 saturated carbocycles. The van der Waals surface area contributed by atoms with Crippen molar-refractivity contribution < 1.29 is 23.9 Å². The molecule has 1 aromatic rings. The van der Waals surface area contributed by atoms with Gasteiger partial charge in [0.25, 0.3) is 0 Å². The smallest absolute Gasteiger partial charge is 0.407 e. The zero-order valence-electron chi connectivity index (χ0n) is 14.5. The van der Waals surface area contributed by atoms with E-state index in [0.717, 1.165) is 30.7 Å². The number of hydrogen-bond acceptors (Lipinski definition) is 4. The topological polar surface area (TPSA) is 76.1 Å². The van der Waals surface area contributed by atoms with Gasteiger partial charge in [0.2, 0.25) is 0 Å². The number of carboxylic acid groups (broad SMARTS) is 1. The molecule has 0 spiro atoms. The summed E-state index contributed by atoms with van der Waals surface area (Å²) in [6.45, 7) is 2.58. The van der Waals surface area contributed by atoms with Crippen molar-refractivity contribution in [1.29, 1.82) is 0 Å². The van der Waals surface area contributed by atoms with E-state index in [2.05, 4.69) is 0 Å². The van der Waals surface area contributed by atoms with Crippen LogP contribution in [0.1, 0.15) is 18.4 Å². The Balaban J connectivity index is 2.06. The second-order valence-electron chi connectivity index (χ2n) is 6.53. The van der Waals surface area contributed by atoms with Crippen molar-refractivity contribution in [3.05, 3.63) is 23.8 Å². The fourth-order valence-electron chi connectivity index (χ4n) is 3.06. The standard InChI is InChI=1S/C17H26NO5P/c1-22-15-5-4-14(16(10-15)23-2)12-18(17(19)20)11-13-6-8-24(3,21)9-7-13/h4-5,10,13H,6-9,11-12H2,1-3H3,(H,19,20). The summed E-state index contributed by atoms with van der Waals surface area (Å²) in [6.07, 6.45) is 2.15. The summed E-state index contributed by atoms with van der Waals surface area (Å²) < 4.78 is 22.6. The van der Waals surface area contributed by atoms with E-state index >= 15 is 0 Å². The predicted octanol–water partition coefficient (Wildman–Crippen LogP) is 3.59. The Hall–Kier alpha value is -1.68. The van der Waals surface area contributed by atoms with Crippen LogP contribution >= 0.6 is 7.14 Å². The van der Waals surface area contributed by atoms with E-state index in [0.29, 0.717) is 18.0 Å². The Kier molecular flexibility index (Phi) is 6.16. The number of hydrogen-bond donors (Lipinski definition) is 1. The number of benzene rings is 1. The van der Waals surface area contributed by atoms with Crippen LogP contribution in [0.15, 0.2) is 18.2 Å². The van der Waals surface area contributed by atoms with Gasteiger partial charge < -0.3 is 24.0 Å². The largest absolute Gasteiger partial charge is 0.497 e. The third kappa shape index (κ3) is 4.91. The van der Waals surface area contributed by atoms with Gasteiger partial charge in [-0.05, 0) is 37.6 Å². The van der Waals surface area contributed by atoms with Gasteiger partial charge in [0.1, 0.15) is 11.5 Å². The summed E-state index contributed by atoms with van der Waals surface area (Å²) in [7, 11) is 1.16. The molecule has 24 heavy (non-hydrogen) atoms. The first kappa shape index (κ1) is 18.7. The summed E-state index contributed by atoms with van der Waals surface area (Å²) in [4.78, 5) is 13.1. The molecule has 0 aromatic heterocycles. The van der Waals surface area contributed by atoms with E-state index in [1.807, 2.05) is 12.7 Å². The van der Waals surface area contributed by atoms with Gasteiger partial charge in [-0.3, -0.25) is 0 Å². The molecule has 1 heterocycles. The number of rotatable bonds is 6. The molecule has 7 heteroatoms. The lowest BCUT2D eigenvalue weighted by Crippen LogP contribution is -2.35. The molecule has 1 fully saturated rings. The maximum atomic E-state index is 12.1. The number of amides is 1. The first-order chi connectivity index (χ1) is 11.3. The molecular weight excluding hydrogens is 329 g/mol. The molecule has 0 radical (unpaired) electrons. The SMILES string of the molecule is COc1ccc(CN(CC2CCP(C)(=O)CC2)C(=O)O)c(OC)c1. The first-order valence-electron chi connectivity index (χ1n) is 8.09. The third-order valence-electron chi connectivity index (χ3n) is 4.63. The summed E-state index contributed by atoms with van der Waals surface area (Å²) in [6, 6.07) is 5.38. The van der Waals surface area contributed by atoms with Crippen molar-refractivity contribution in [3.8, 4) is 11.5 Å². The molecule has 1 amide bonds. The third-order valence-corrected chi connectivity index (χ3v) is 7.03. The van der Waals surface area contributed by atoms with Crippen LogP contribution in [-0.2, 0) is 11.1 Å². The van der Waals surface area contributed by atoms with Gasteiger partial charge in [-0.25, -0.2) is 4.79 Å². The van der Waals surface area contributed by atoms with E-state index < -0.39 is 13.2 Å². The fourth-order valence-corrected chi connectivity index (χ4v) is 5.11. The zero-order valence-corrected chi connectivity index (χ0v) is 15.4. The van der Waals surface area contributed by atoms with Gasteiger partial charge in [0.15, 0.2) is 0 Å². The van der Waals surface area contributed by atoms with Crippen molar-refractivity contribution in [2.24, 2.45) is 5.92 Å². The summed E-state index contributed by atoms with van der Waals surface area (Å²) in [5, 5.41) is 9.54.